The van der Waals surface area contributed by atoms with Gasteiger partial charge in [-0.1, -0.05) is 18.2 Å². The zero-order valence-electron chi connectivity index (χ0n) is 18.0. The highest BCUT2D eigenvalue weighted by Crippen LogP contribution is 2.29. The van der Waals surface area contributed by atoms with E-state index in [0.29, 0.717) is 29.1 Å². The first-order chi connectivity index (χ1) is 15.4. The molecular weight excluding hydrogens is 442 g/mol. The van der Waals surface area contributed by atoms with Crippen LogP contribution in [-0.4, -0.2) is 50.7 Å². The van der Waals surface area contributed by atoms with E-state index in [4.69, 9.17) is 9.47 Å². The third-order valence-corrected chi connectivity index (χ3v) is 5.14. The highest BCUT2D eigenvalue weighted by molar-refractivity contribution is 7.98. The number of hydrogen-bond acceptors (Lipinski definition) is 6. The lowest BCUT2D eigenvalue weighted by Crippen LogP contribution is -2.47. The molecule has 0 spiro atoms. The van der Waals surface area contributed by atoms with E-state index in [1.165, 1.54) is 26.4 Å². The van der Waals surface area contributed by atoms with Crippen molar-refractivity contribution in [1.82, 2.24) is 10.6 Å². The van der Waals surface area contributed by atoms with Crippen LogP contribution < -0.4 is 24.8 Å². The number of benzene rings is 2. The Kier molecular flexibility index (Phi) is 10.1. The van der Waals surface area contributed by atoms with Crippen LogP contribution in [-0.2, 0) is 11.3 Å². The lowest BCUT2D eigenvalue weighted by Gasteiger charge is -2.19. The molecule has 0 saturated carbocycles. The van der Waals surface area contributed by atoms with Gasteiger partial charge in [-0.2, -0.15) is 20.5 Å². The Balaban J connectivity index is 2.07. The van der Waals surface area contributed by atoms with Gasteiger partial charge in [0.2, 0.25) is 5.91 Å². The first kappa shape index (κ1) is 25.3. The normalized spacial score (nSPS) is 11.6. The van der Waals surface area contributed by atoms with Gasteiger partial charge in [-0.3, -0.25) is 9.59 Å². The van der Waals surface area contributed by atoms with Gasteiger partial charge in [0, 0.05) is 6.54 Å². The predicted octanol–water partition coefficient (Wildman–Crippen LogP) is 3.47. The topological polar surface area (TPSA) is 85.9 Å². The van der Waals surface area contributed by atoms with E-state index in [2.05, 4.69) is 15.4 Å². The van der Waals surface area contributed by atoms with Crippen LogP contribution in [0.5, 0.6) is 17.2 Å². The van der Waals surface area contributed by atoms with Crippen LogP contribution in [0.15, 0.2) is 42.5 Å². The predicted molar refractivity (Wildman–Crippen MR) is 119 cm³/mol. The summed E-state index contributed by atoms with van der Waals surface area (Å²) in [5.41, 5.74) is 0.952. The number of ether oxygens (including phenoxy) is 3. The van der Waals surface area contributed by atoms with Crippen molar-refractivity contribution < 1.29 is 32.6 Å². The number of rotatable bonds is 12. The number of carbonyl (C=O) groups is 2. The maximum atomic E-state index is 12.8. The van der Waals surface area contributed by atoms with Crippen molar-refractivity contribution in [3.8, 4) is 17.2 Å². The van der Waals surface area contributed by atoms with E-state index in [1.807, 2.05) is 6.26 Å². The molecule has 0 heterocycles. The minimum absolute atomic E-state index is 0.0977. The summed E-state index contributed by atoms with van der Waals surface area (Å²) in [7, 11) is 2.80. The van der Waals surface area contributed by atoms with Crippen LogP contribution in [0.4, 0.5) is 8.78 Å². The number of amides is 2. The summed E-state index contributed by atoms with van der Waals surface area (Å²) in [4.78, 5) is 25.5. The van der Waals surface area contributed by atoms with E-state index in [-0.39, 0.29) is 24.0 Å². The molecule has 32 heavy (non-hydrogen) atoms. The number of carbonyl (C=O) groups excluding carboxylic acids is 2. The summed E-state index contributed by atoms with van der Waals surface area (Å²) >= 11 is 1.56. The Morgan fingerprint density at radius 3 is 2.41 bits per heavy atom. The molecule has 2 rings (SSSR count). The molecule has 0 radical (unpaired) electrons. The van der Waals surface area contributed by atoms with E-state index in [0.717, 1.165) is 0 Å². The molecule has 2 aromatic rings. The van der Waals surface area contributed by atoms with Crippen LogP contribution in [0.3, 0.4) is 0 Å². The maximum Gasteiger partial charge on any atom is 0.387 e. The Hall–Kier alpha value is -3.01. The largest absolute Gasteiger partial charge is 0.496 e. The molecule has 2 amide bonds. The summed E-state index contributed by atoms with van der Waals surface area (Å²) in [6.07, 6.45) is 2.34. The van der Waals surface area contributed by atoms with Crippen LogP contribution in [0, 0.1) is 0 Å². The highest BCUT2D eigenvalue weighted by Gasteiger charge is 2.22. The molecule has 0 aliphatic carbocycles. The average molecular weight is 469 g/mol. The number of halogens is 2. The Bertz CT molecular complexity index is 914. The van der Waals surface area contributed by atoms with Gasteiger partial charge >= 0.3 is 6.61 Å². The SMILES string of the molecule is COc1cc(CNC(=O)C(CCSC)NC(=O)c2ccccc2OC)ccc1OC(F)F. The van der Waals surface area contributed by atoms with Crippen LogP contribution >= 0.6 is 11.8 Å². The summed E-state index contributed by atoms with van der Waals surface area (Å²) in [5.74, 6) is 0.317. The molecule has 7 nitrogen and oxygen atoms in total. The summed E-state index contributed by atoms with van der Waals surface area (Å²) < 4.78 is 39.6. The van der Waals surface area contributed by atoms with Crippen LogP contribution in [0.25, 0.3) is 0 Å². The molecule has 10 heteroatoms. The van der Waals surface area contributed by atoms with Crippen molar-refractivity contribution in [2.45, 2.75) is 25.6 Å². The summed E-state index contributed by atoms with van der Waals surface area (Å²) in [5, 5.41) is 5.53. The number of alkyl halides is 2. The molecule has 2 N–H and O–H groups in total. The Labute approximate surface area is 189 Å². The molecule has 0 aromatic heterocycles. The maximum absolute atomic E-state index is 12.8. The molecular formula is C22H26F2N2O5S. The second-order valence-electron chi connectivity index (χ2n) is 6.59. The minimum atomic E-state index is -2.97. The van der Waals surface area contributed by atoms with E-state index < -0.39 is 18.6 Å². The average Bonchev–Trinajstić information content (AvgIpc) is 2.80. The number of methoxy groups -OCH3 is 2. The smallest absolute Gasteiger partial charge is 0.387 e. The van der Waals surface area contributed by atoms with Gasteiger partial charge in [-0.15, -0.1) is 0 Å². The Morgan fingerprint density at radius 1 is 1.03 bits per heavy atom. The standard InChI is InChI=1S/C22H26F2N2O5S/c1-29-17-7-5-4-6-15(17)20(27)26-16(10-11-32-3)21(28)25-13-14-8-9-18(31-22(23)24)19(12-14)30-2/h4-9,12,16,22H,10-11,13H2,1-3H3,(H,25,28)(H,26,27). The number of para-hydroxylation sites is 1. The van der Waals surface area contributed by atoms with Gasteiger partial charge in [-0.05, 0) is 48.3 Å². The second-order valence-corrected chi connectivity index (χ2v) is 7.57. The van der Waals surface area contributed by atoms with Gasteiger partial charge in [-0.25, -0.2) is 0 Å². The molecule has 2 aromatic carbocycles. The quantitative estimate of drug-likeness (QED) is 0.496. The molecule has 0 aliphatic rings. The van der Waals surface area contributed by atoms with Gasteiger partial charge in [0.05, 0.1) is 19.8 Å². The molecule has 1 atom stereocenters. The molecule has 0 bridgehead atoms. The molecule has 0 aliphatic heterocycles. The second kappa shape index (κ2) is 12.7. The molecule has 174 valence electrons. The lowest BCUT2D eigenvalue weighted by molar-refractivity contribution is -0.123. The summed E-state index contributed by atoms with van der Waals surface area (Å²) in [6.45, 7) is -2.86. The van der Waals surface area contributed by atoms with Crippen LogP contribution in [0.2, 0.25) is 0 Å². The fourth-order valence-electron chi connectivity index (χ4n) is 2.90. The fraction of sp³-hybridized carbons (Fsp3) is 0.364. The molecule has 1 unspecified atom stereocenters. The first-order valence-electron chi connectivity index (χ1n) is 9.71. The highest BCUT2D eigenvalue weighted by atomic mass is 32.2. The number of hydrogen-bond donors (Lipinski definition) is 2. The first-order valence-corrected chi connectivity index (χ1v) is 11.1. The number of nitrogens with one attached hydrogen (secondary N) is 2. The van der Waals surface area contributed by atoms with Crippen molar-refractivity contribution in [2.75, 3.05) is 26.2 Å². The van der Waals surface area contributed by atoms with Crippen molar-refractivity contribution in [3.05, 3.63) is 53.6 Å². The lowest BCUT2D eigenvalue weighted by atomic mass is 10.1. The van der Waals surface area contributed by atoms with Crippen LogP contribution in [0.1, 0.15) is 22.3 Å². The third kappa shape index (κ3) is 7.30. The molecule has 0 saturated heterocycles. The van der Waals surface area contributed by atoms with Crippen molar-refractivity contribution in [3.63, 3.8) is 0 Å². The van der Waals surface area contributed by atoms with Crippen molar-refractivity contribution >= 4 is 23.6 Å². The molecule has 0 fully saturated rings. The minimum Gasteiger partial charge on any atom is -0.496 e. The Morgan fingerprint density at radius 2 is 1.75 bits per heavy atom. The van der Waals surface area contributed by atoms with E-state index >= 15 is 0 Å². The van der Waals surface area contributed by atoms with Gasteiger partial charge in [0.25, 0.3) is 5.91 Å². The zero-order chi connectivity index (χ0) is 23.5. The van der Waals surface area contributed by atoms with Gasteiger partial charge < -0.3 is 24.8 Å². The third-order valence-electron chi connectivity index (χ3n) is 4.49. The monoisotopic (exact) mass is 468 g/mol. The number of thioether (sulfide) groups is 1. The van der Waals surface area contributed by atoms with E-state index in [9.17, 15) is 18.4 Å². The van der Waals surface area contributed by atoms with Crippen molar-refractivity contribution in [2.24, 2.45) is 0 Å². The zero-order valence-corrected chi connectivity index (χ0v) is 18.8. The van der Waals surface area contributed by atoms with Gasteiger partial charge in [0.15, 0.2) is 11.5 Å². The van der Waals surface area contributed by atoms with E-state index in [1.54, 1.807) is 42.1 Å². The summed E-state index contributed by atoms with van der Waals surface area (Å²) in [6, 6.07) is 10.4. The van der Waals surface area contributed by atoms with Gasteiger partial charge in [0.1, 0.15) is 11.8 Å². The fourth-order valence-corrected chi connectivity index (χ4v) is 3.37. The van der Waals surface area contributed by atoms with Crippen molar-refractivity contribution in [1.29, 1.82) is 0 Å².